The first kappa shape index (κ1) is 12.7. The Bertz CT molecular complexity index is 475. The molecule has 0 spiro atoms. The third kappa shape index (κ3) is 2.26. The van der Waals surface area contributed by atoms with E-state index in [1.165, 1.54) is 0 Å². The predicted octanol–water partition coefficient (Wildman–Crippen LogP) is 2.54. The van der Waals surface area contributed by atoms with Gasteiger partial charge in [-0.1, -0.05) is 12.1 Å². The van der Waals surface area contributed by atoms with Crippen LogP contribution in [-0.2, 0) is 0 Å². The molecule has 0 aromatic heterocycles. The van der Waals surface area contributed by atoms with Crippen LogP contribution in [0.15, 0.2) is 36.0 Å². The van der Waals surface area contributed by atoms with E-state index in [0.717, 1.165) is 29.9 Å². The van der Waals surface area contributed by atoms with Gasteiger partial charge in [-0.2, -0.15) is 0 Å². The Balaban J connectivity index is 2.37. The van der Waals surface area contributed by atoms with Crippen LogP contribution < -0.4 is 4.90 Å². The lowest BCUT2D eigenvalue weighted by Crippen LogP contribution is -2.32. The number of ketones is 1. The Labute approximate surface area is 109 Å². The van der Waals surface area contributed by atoms with E-state index < -0.39 is 0 Å². The molecule has 0 radical (unpaired) electrons. The highest BCUT2D eigenvalue weighted by Crippen LogP contribution is 2.28. The highest BCUT2D eigenvalue weighted by Gasteiger charge is 2.24. The number of likely N-dealkylation sites (N-methyl/N-ethyl adjacent to an activating group) is 1. The first-order valence-electron chi connectivity index (χ1n) is 6.47. The van der Waals surface area contributed by atoms with Gasteiger partial charge in [0.05, 0.1) is 0 Å². The highest BCUT2D eigenvalue weighted by molar-refractivity contribution is 6.14. The van der Waals surface area contributed by atoms with E-state index in [-0.39, 0.29) is 5.78 Å². The first-order chi connectivity index (χ1) is 8.67. The molecule has 0 unspecified atom stereocenters. The number of para-hydroxylation sites is 1. The van der Waals surface area contributed by atoms with Crippen LogP contribution in [0, 0.1) is 0 Å². The molecule has 3 heteroatoms. The van der Waals surface area contributed by atoms with Crippen molar-refractivity contribution >= 4 is 11.5 Å². The van der Waals surface area contributed by atoms with Crippen molar-refractivity contribution in [3.05, 3.63) is 41.6 Å². The maximum Gasteiger partial charge on any atom is 0.194 e. The Hall–Kier alpha value is -1.77. The molecular weight excluding hydrogens is 224 g/mol. The quantitative estimate of drug-likeness (QED) is 0.763. The van der Waals surface area contributed by atoms with E-state index in [2.05, 4.69) is 23.6 Å². The van der Waals surface area contributed by atoms with E-state index in [1.807, 2.05) is 37.5 Å². The standard InChI is InChI=1S/C15H20N2O/c1-4-17(5-2)11-12-10-16(3)14-9-7-6-8-13(14)15(12)18/h6-9,11H,4-5,10H2,1-3H3/b12-11+. The normalized spacial score (nSPS) is 16.9. The van der Waals surface area contributed by atoms with Gasteiger partial charge < -0.3 is 9.80 Å². The van der Waals surface area contributed by atoms with Gasteiger partial charge in [0.15, 0.2) is 5.78 Å². The number of anilines is 1. The number of hydrogen-bond donors (Lipinski definition) is 0. The number of fused-ring (bicyclic) bond motifs is 1. The highest BCUT2D eigenvalue weighted by atomic mass is 16.1. The van der Waals surface area contributed by atoms with Gasteiger partial charge in [0.25, 0.3) is 0 Å². The summed E-state index contributed by atoms with van der Waals surface area (Å²) in [6.45, 7) is 6.75. The van der Waals surface area contributed by atoms with Gasteiger partial charge in [-0.3, -0.25) is 4.79 Å². The van der Waals surface area contributed by atoms with Crippen molar-refractivity contribution in [2.75, 3.05) is 31.6 Å². The summed E-state index contributed by atoms with van der Waals surface area (Å²) in [6.07, 6.45) is 2.01. The molecule has 1 heterocycles. The molecule has 1 aromatic carbocycles. The summed E-state index contributed by atoms with van der Waals surface area (Å²) in [5, 5.41) is 0. The summed E-state index contributed by atoms with van der Waals surface area (Å²) in [7, 11) is 2.03. The van der Waals surface area contributed by atoms with Crippen molar-refractivity contribution in [2.24, 2.45) is 0 Å². The second-order valence-corrected chi connectivity index (χ2v) is 4.58. The number of benzene rings is 1. The molecule has 0 atom stereocenters. The fraction of sp³-hybridized carbons (Fsp3) is 0.400. The van der Waals surface area contributed by atoms with Crippen molar-refractivity contribution in [1.29, 1.82) is 0 Å². The summed E-state index contributed by atoms with van der Waals surface area (Å²) in [4.78, 5) is 16.7. The molecule has 0 bridgehead atoms. The van der Waals surface area contributed by atoms with Gasteiger partial charge >= 0.3 is 0 Å². The molecule has 1 aliphatic rings. The Morgan fingerprint density at radius 2 is 1.94 bits per heavy atom. The van der Waals surface area contributed by atoms with Crippen LogP contribution in [0.3, 0.4) is 0 Å². The van der Waals surface area contributed by atoms with Crippen molar-refractivity contribution < 1.29 is 4.79 Å². The lowest BCUT2D eigenvalue weighted by Gasteiger charge is -2.29. The summed E-state index contributed by atoms with van der Waals surface area (Å²) in [6, 6.07) is 7.80. The summed E-state index contributed by atoms with van der Waals surface area (Å²) in [5.41, 5.74) is 2.71. The van der Waals surface area contributed by atoms with E-state index in [1.54, 1.807) is 0 Å². The van der Waals surface area contributed by atoms with Crippen LogP contribution in [0.5, 0.6) is 0 Å². The fourth-order valence-electron chi connectivity index (χ4n) is 2.31. The first-order valence-corrected chi connectivity index (χ1v) is 6.47. The topological polar surface area (TPSA) is 23.6 Å². The van der Waals surface area contributed by atoms with Gasteiger partial charge in [-0.05, 0) is 26.0 Å². The number of carbonyl (C=O) groups is 1. The molecule has 96 valence electrons. The zero-order valence-electron chi connectivity index (χ0n) is 11.3. The third-order valence-electron chi connectivity index (χ3n) is 3.41. The van der Waals surface area contributed by atoms with Gasteiger partial charge in [0, 0.05) is 49.7 Å². The van der Waals surface area contributed by atoms with Crippen molar-refractivity contribution in [2.45, 2.75) is 13.8 Å². The van der Waals surface area contributed by atoms with Crippen LogP contribution in [0.4, 0.5) is 5.69 Å². The summed E-state index contributed by atoms with van der Waals surface area (Å²) < 4.78 is 0. The minimum absolute atomic E-state index is 0.163. The molecule has 0 fully saturated rings. The smallest absolute Gasteiger partial charge is 0.194 e. The minimum atomic E-state index is 0.163. The molecular formula is C15H20N2O. The molecule has 3 nitrogen and oxygen atoms in total. The minimum Gasteiger partial charge on any atom is -0.378 e. The molecule has 0 amide bonds. The molecule has 0 saturated heterocycles. The summed E-state index contributed by atoms with van der Waals surface area (Å²) >= 11 is 0. The van der Waals surface area contributed by atoms with Crippen molar-refractivity contribution in [1.82, 2.24) is 4.90 Å². The Morgan fingerprint density at radius 3 is 2.61 bits per heavy atom. The van der Waals surface area contributed by atoms with E-state index in [0.29, 0.717) is 6.54 Å². The van der Waals surface area contributed by atoms with E-state index >= 15 is 0 Å². The average molecular weight is 244 g/mol. The SMILES string of the molecule is CCN(/C=C1\CN(C)c2ccccc2C1=O)CC. The molecule has 18 heavy (non-hydrogen) atoms. The Morgan fingerprint density at radius 1 is 1.28 bits per heavy atom. The number of carbonyl (C=O) groups excluding carboxylic acids is 1. The van der Waals surface area contributed by atoms with Gasteiger partial charge in [0.2, 0.25) is 0 Å². The van der Waals surface area contributed by atoms with Gasteiger partial charge in [-0.25, -0.2) is 0 Å². The molecule has 0 saturated carbocycles. The largest absolute Gasteiger partial charge is 0.378 e. The van der Waals surface area contributed by atoms with Gasteiger partial charge in [-0.15, -0.1) is 0 Å². The van der Waals surface area contributed by atoms with E-state index in [4.69, 9.17) is 0 Å². The van der Waals surface area contributed by atoms with Crippen molar-refractivity contribution in [3.8, 4) is 0 Å². The van der Waals surface area contributed by atoms with Crippen molar-refractivity contribution in [3.63, 3.8) is 0 Å². The van der Waals surface area contributed by atoms with Gasteiger partial charge in [0.1, 0.15) is 0 Å². The maximum atomic E-state index is 12.4. The number of Topliss-reactive ketones (excluding diaryl/α,β-unsaturated/α-hetero) is 1. The fourth-order valence-corrected chi connectivity index (χ4v) is 2.31. The van der Waals surface area contributed by atoms with Crippen LogP contribution >= 0.6 is 0 Å². The van der Waals surface area contributed by atoms with Crippen LogP contribution in [0.1, 0.15) is 24.2 Å². The molecule has 0 aliphatic carbocycles. The van der Waals surface area contributed by atoms with Crippen LogP contribution in [-0.4, -0.2) is 37.4 Å². The number of nitrogens with zero attached hydrogens (tertiary/aromatic N) is 2. The molecule has 1 aliphatic heterocycles. The molecule has 1 aromatic rings. The lowest BCUT2D eigenvalue weighted by atomic mass is 9.97. The second kappa shape index (κ2) is 5.25. The number of rotatable bonds is 3. The average Bonchev–Trinajstić information content (AvgIpc) is 2.41. The second-order valence-electron chi connectivity index (χ2n) is 4.58. The lowest BCUT2D eigenvalue weighted by molar-refractivity contribution is 0.102. The van der Waals surface area contributed by atoms with Crippen LogP contribution in [0.2, 0.25) is 0 Å². The zero-order valence-corrected chi connectivity index (χ0v) is 11.3. The Kier molecular flexibility index (Phi) is 3.70. The number of hydrogen-bond acceptors (Lipinski definition) is 3. The molecule has 0 N–H and O–H groups in total. The van der Waals surface area contributed by atoms with E-state index in [9.17, 15) is 4.79 Å². The summed E-state index contributed by atoms with van der Waals surface area (Å²) in [5.74, 6) is 0.163. The van der Waals surface area contributed by atoms with Crippen LogP contribution in [0.25, 0.3) is 0 Å². The predicted molar refractivity (Wildman–Crippen MR) is 75.0 cm³/mol. The third-order valence-corrected chi connectivity index (χ3v) is 3.41. The maximum absolute atomic E-state index is 12.4. The monoisotopic (exact) mass is 244 g/mol. The molecule has 2 rings (SSSR count). The zero-order chi connectivity index (χ0) is 13.1.